The van der Waals surface area contributed by atoms with E-state index in [0.29, 0.717) is 0 Å². The number of rotatable bonds is 48. The second-order valence-corrected chi connectivity index (χ2v) is 38.0. The zero-order chi connectivity index (χ0) is 73.7. The van der Waals surface area contributed by atoms with Gasteiger partial charge < -0.3 is 0 Å². The first-order chi connectivity index (χ1) is 52.1. The number of carbonyl (C=O) groups excluding carboxylic acids is 1. The average Bonchev–Trinajstić information content (AvgIpc) is 1.48. The molecule has 564 valence electrons. The molecule has 1 nitrogen and oxygen atoms in total. The van der Waals surface area contributed by atoms with Gasteiger partial charge in [-0.05, 0) is 251 Å². The third kappa shape index (κ3) is 17.9. The monoisotopic (exact) mass is 1500 g/mol. The first kappa shape index (κ1) is 80.1. The minimum absolute atomic E-state index is 0.198. The minimum Gasteiger partial charge on any atom is -0.297 e. The van der Waals surface area contributed by atoms with Crippen molar-refractivity contribution in [3.8, 4) is 64.7 Å². The number of thiophene rings is 5. The van der Waals surface area contributed by atoms with Gasteiger partial charge in [0.1, 0.15) is 0 Å². The van der Waals surface area contributed by atoms with Crippen LogP contribution in [-0.2, 0) is 29.1 Å². The standard InChI is InChI=1S/C100H128OS5/c1-9-17-25-33-41-76-46-48-78(102-76)50-52-80-54-60-89(104-80)73-43-57-83-86(69-73)99(65-37-29-21-13-5,66-38-30-22-14-6)96-92(83)95-93(97-94(96)85-59-45-75(91-62-56-82(72-101)106-91)71-88(85)100(97,67-39-31-23-15-7)68-40-32-24-16-8)84-58-44-74(70-87(84)98(95,63-35-27-19-11-3)64-36-28-20-12-4)90-61-55-81(105-90)53-51-79-49-47-77(103-79)42-34-26-18-10-2/h43-62,69-72H,9-42,63-68H2,1-8H3/b52-50+,53-51+. The molecule has 0 amide bonds. The van der Waals surface area contributed by atoms with Gasteiger partial charge >= 0.3 is 0 Å². The van der Waals surface area contributed by atoms with Gasteiger partial charge in [-0.15, -0.1) is 56.7 Å². The first-order valence-corrected chi connectivity index (χ1v) is 47.2. The number of hydrogen-bond donors (Lipinski definition) is 0. The number of aldehydes is 1. The Hall–Kier alpha value is -5.47. The number of unbranched alkanes of at least 4 members (excludes halogenated alkanes) is 24. The van der Waals surface area contributed by atoms with Crippen LogP contribution in [0.4, 0.5) is 0 Å². The number of hydrogen-bond acceptors (Lipinski definition) is 6. The van der Waals surface area contributed by atoms with Crippen LogP contribution in [0.2, 0.25) is 0 Å². The maximum atomic E-state index is 12.6. The summed E-state index contributed by atoms with van der Waals surface area (Å²) in [4.78, 5) is 25.8. The van der Waals surface area contributed by atoms with E-state index in [1.54, 1.807) is 72.5 Å². The molecule has 0 saturated heterocycles. The van der Waals surface area contributed by atoms with E-state index in [2.05, 4.69) is 195 Å². The number of aryl methyl sites for hydroxylation is 2. The van der Waals surface area contributed by atoms with Crippen molar-refractivity contribution < 1.29 is 4.79 Å². The van der Waals surface area contributed by atoms with Gasteiger partial charge in [-0.3, -0.25) is 4.79 Å². The molecule has 9 aromatic rings. The first-order valence-electron chi connectivity index (χ1n) is 43.1. The van der Waals surface area contributed by atoms with Gasteiger partial charge in [0, 0.05) is 60.1 Å². The fourth-order valence-corrected chi connectivity index (χ4v) is 23.7. The second kappa shape index (κ2) is 39.4. The quantitative estimate of drug-likeness (QED) is 0.0274. The van der Waals surface area contributed by atoms with E-state index in [-0.39, 0.29) is 16.2 Å². The molecule has 0 unspecified atom stereocenters. The van der Waals surface area contributed by atoms with Gasteiger partial charge in [0.2, 0.25) is 0 Å². The molecule has 5 heterocycles. The molecule has 0 atom stereocenters. The largest absolute Gasteiger partial charge is 0.297 e. The van der Waals surface area contributed by atoms with Crippen LogP contribution in [0, 0.1) is 0 Å². The van der Waals surface area contributed by atoms with Crippen molar-refractivity contribution in [2.24, 2.45) is 0 Å². The smallest absolute Gasteiger partial charge is 0.160 e. The van der Waals surface area contributed by atoms with Crippen molar-refractivity contribution in [2.45, 2.75) is 328 Å². The SMILES string of the molecule is CCCCCCc1ccc(/C=C/c2ccc(-c3ccc4c(c3)C(CCCCCC)(CCCCCC)c3c-4c4c(c5c3-c3ccc(-c6ccc(/C=C/c7ccc(CCCCCC)s7)s6)cc3C5(CCCCCC)CCCCCC)-c3ccc(-c5ccc(C=O)s5)cc3C4(CCCCCC)CCCCCC)s2)s1. The summed E-state index contributed by atoms with van der Waals surface area (Å²) < 4.78 is 0. The van der Waals surface area contributed by atoms with Crippen LogP contribution in [0.25, 0.3) is 89.0 Å². The Kier molecular flexibility index (Phi) is 29.8. The third-order valence-corrected chi connectivity index (χ3v) is 30.2. The summed E-state index contributed by atoms with van der Waals surface area (Å²) >= 11 is 9.61. The Bertz CT molecular complexity index is 4180. The summed E-state index contributed by atoms with van der Waals surface area (Å²) in [5, 5.41) is 0. The van der Waals surface area contributed by atoms with E-state index < -0.39 is 0 Å². The molecule has 0 bridgehead atoms. The molecule has 0 saturated carbocycles. The maximum absolute atomic E-state index is 12.6. The van der Waals surface area contributed by atoms with Crippen molar-refractivity contribution in [1.29, 1.82) is 0 Å². The van der Waals surface area contributed by atoms with Crippen LogP contribution >= 0.6 is 56.7 Å². The summed E-state index contributed by atoms with van der Waals surface area (Å²) in [5.74, 6) is 0. The van der Waals surface area contributed by atoms with Crippen molar-refractivity contribution in [1.82, 2.24) is 0 Å². The highest BCUT2D eigenvalue weighted by molar-refractivity contribution is 7.17. The molecule has 106 heavy (non-hydrogen) atoms. The Morgan fingerprint density at radius 3 is 0.792 bits per heavy atom. The predicted molar refractivity (Wildman–Crippen MR) is 475 cm³/mol. The van der Waals surface area contributed by atoms with Crippen LogP contribution in [0.15, 0.2) is 115 Å². The Morgan fingerprint density at radius 2 is 0.519 bits per heavy atom. The lowest BCUT2D eigenvalue weighted by Gasteiger charge is -2.40. The Morgan fingerprint density at radius 1 is 0.264 bits per heavy atom. The second-order valence-electron chi connectivity index (χ2n) is 32.3. The van der Waals surface area contributed by atoms with Crippen LogP contribution in [0.1, 0.15) is 372 Å². The molecule has 0 radical (unpaired) electrons. The number of benzene rings is 4. The van der Waals surface area contributed by atoms with Crippen molar-refractivity contribution in [3.05, 3.63) is 183 Å². The normalized spacial score (nSPS) is 14.2. The van der Waals surface area contributed by atoms with E-state index >= 15 is 0 Å². The van der Waals surface area contributed by atoms with Gasteiger partial charge in [-0.1, -0.05) is 284 Å². The fourth-order valence-electron chi connectivity index (χ4n) is 19.2. The van der Waals surface area contributed by atoms with Crippen LogP contribution < -0.4 is 0 Å². The lowest BCUT2D eigenvalue weighted by atomic mass is 9.63. The molecule has 3 aliphatic rings. The molecular formula is C100H128OS5. The molecule has 0 spiro atoms. The van der Waals surface area contributed by atoms with Crippen LogP contribution in [0.3, 0.4) is 0 Å². The van der Waals surface area contributed by atoms with Crippen molar-refractivity contribution in [2.75, 3.05) is 0 Å². The summed E-state index contributed by atoms with van der Waals surface area (Å²) in [6.07, 6.45) is 60.4. The van der Waals surface area contributed by atoms with E-state index in [9.17, 15) is 4.79 Å². The molecule has 0 fully saturated rings. The van der Waals surface area contributed by atoms with Crippen LogP contribution in [0.5, 0.6) is 0 Å². The van der Waals surface area contributed by atoms with Crippen molar-refractivity contribution >= 4 is 87.3 Å². The zero-order valence-corrected chi connectivity index (χ0v) is 70.7. The zero-order valence-electron chi connectivity index (χ0n) is 66.6. The summed E-state index contributed by atoms with van der Waals surface area (Å²) in [7, 11) is 0. The highest BCUT2D eigenvalue weighted by atomic mass is 32.1. The summed E-state index contributed by atoms with van der Waals surface area (Å²) in [6.45, 7) is 19.1. The Balaban J connectivity index is 1.14. The van der Waals surface area contributed by atoms with E-state index in [1.165, 1.54) is 310 Å². The highest BCUT2D eigenvalue weighted by Crippen LogP contribution is 2.72. The third-order valence-electron chi connectivity index (χ3n) is 24.7. The fraction of sp³-hybridized carbons (Fsp3) is 0.510. The Labute approximate surface area is 662 Å². The number of carbonyl (C=O) groups is 1. The van der Waals surface area contributed by atoms with Gasteiger partial charge in [-0.25, -0.2) is 0 Å². The molecule has 6 heteroatoms. The maximum Gasteiger partial charge on any atom is 0.160 e. The van der Waals surface area contributed by atoms with E-state index in [4.69, 9.17) is 0 Å². The summed E-state index contributed by atoms with van der Waals surface area (Å²) in [5.41, 5.74) is 23.0. The van der Waals surface area contributed by atoms with Crippen LogP contribution in [-0.4, -0.2) is 6.29 Å². The molecular weight excluding hydrogens is 1380 g/mol. The topological polar surface area (TPSA) is 17.1 Å². The average molecular weight is 1510 g/mol. The number of fused-ring (bicyclic) bond motifs is 12. The highest BCUT2D eigenvalue weighted by Gasteiger charge is 2.58. The van der Waals surface area contributed by atoms with Gasteiger partial charge in [0.25, 0.3) is 0 Å². The predicted octanol–water partition coefficient (Wildman–Crippen LogP) is 34.0. The molecule has 0 N–H and O–H groups in total. The van der Waals surface area contributed by atoms with Gasteiger partial charge in [-0.2, -0.15) is 0 Å². The lowest BCUT2D eigenvalue weighted by Crippen LogP contribution is -2.31. The van der Waals surface area contributed by atoms with Gasteiger partial charge in [0.15, 0.2) is 6.29 Å². The van der Waals surface area contributed by atoms with E-state index in [0.717, 1.165) is 24.0 Å². The lowest BCUT2D eigenvalue weighted by molar-refractivity contribution is 0.112. The minimum atomic E-state index is -0.216. The molecule has 4 aromatic carbocycles. The van der Waals surface area contributed by atoms with Crippen molar-refractivity contribution in [3.63, 3.8) is 0 Å². The molecule has 3 aliphatic carbocycles. The molecule has 0 aliphatic heterocycles. The van der Waals surface area contributed by atoms with Gasteiger partial charge in [0.05, 0.1) is 4.88 Å². The molecule has 12 rings (SSSR count). The summed E-state index contributed by atoms with van der Waals surface area (Å²) in [6, 6.07) is 47.6. The van der Waals surface area contributed by atoms with E-state index in [1.807, 2.05) is 45.3 Å². The molecule has 5 aromatic heterocycles.